The van der Waals surface area contributed by atoms with Crippen molar-refractivity contribution in [2.75, 3.05) is 18.4 Å². The van der Waals surface area contributed by atoms with Gasteiger partial charge >= 0.3 is 0 Å². The summed E-state index contributed by atoms with van der Waals surface area (Å²) in [7, 11) is 0. The van der Waals surface area contributed by atoms with E-state index in [1.54, 1.807) is 30.3 Å². The van der Waals surface area contributed by atoms with Crippen molar-refractivity contribution in [2.45, 2.75) is 25.2 Å². The number of hydrogen-bond acceptors (Lipinski definition) is 2. The number of rotatable bonds is 4. The topological polar surface area (TPSA) is 49.4 Å². The lowest BCUT2D eigenvalue weighted by Crippen LogP contribution is -2.27. The lowest BCUT2D eigenvalue weighted by molar-refractivity contribution is -0.117. The molecule has 0 spiro atoms. The summed E-state index contributed by atoms with van der Waals surface area (Å²) in [6.45, 7) is 1.64. The van der Waals surface area contributed by atoms with E-state index in [9.17, 15) is 14.0 Å². The molecule has 1 N–H and O–H groups in total. The Labute approximate surface area is 152 Å². The minimum atomic E-state index is -0.271. The van der Waals surface area contributed by atoms with Gasteiger partial charge in [0.25, 0.3) is 5.91 Å². The summed E-state index contributed by atoms with van der Waals surface area (Å²) in [6.07, 6.45) is 2.86. The number of anilines is 1. The van der Waals surface area contributed by atoms with Crippen LogP contribution in [0.5, 0.6) is 0 Å². The number of amides is 2. The fourth-order valence-electron chi connectivity index (χ4n) is 3.62. The Morgan fingerprint density at radius 2 is 1.77 bits per heavy atom. The molecule has 1 aliphatic carbocycles. The van der Waals surface area contributed by atoms with Crippen LogP contribution in [0.15, 0.2) is 48.5 Å². The summed E-state index contributed by atoms with van der Waals surface area (Å²) in [6, 6.07) is 13.5. The molecular weight excluding hydrogens is 331 g/mol. The first-order valence-corrected chi connectivity index (χ1v) is 9.07. The van der Waals surface area contributed by atoms with E-state index < -0.39 is 0 Å². The molecule has 1 heterocycles. The first kappa shape index (κ1) is 16.8. The maximum Gasteiger partial charge on any atom is 0.253 e. The zero-order chi connectivity index (χ0) is 18.1. The standard InChI is InChI=1S/C21H21FN2O2/c22-16-5-3-4-15(12-16)18-13-19(18)20(25)23-17-8-6-14(7-9-17)21(26)24-10-1-2-11-24/h3-9,12,18-19H,1-2,10-11,13H2,(H,23,25)/t18-,19+/m1/s1. The minimum absolute atomic E-state index is 0.0498. The molecule has 4 rings (SSSR count). The van der Waals surface area contributed by atoms with Gasteiger partial charge in [0.2, 0.25) is 5.91 Å². The third-order valence-corrected chi connectivity index (χ3v) is 5.20. The van der Waals surface area contributed by atoms with Crippen LogP contribution in [0.1, 0.15) is 41.1 Å². The number of nitrogens with zero attached hydrogens (tertiary/aromatic N) is 1. The van der Waals surface area contributed by atoms with Crippen molar-refractivity contribution in [3.63, 3.8) is 0 Å². The van der Waals surface area contributed by atoms with Gasteiger partial charge in [0.15, 0.2) is 0 Å². The molecule has 2 fully saturated rings. The number of nitrogens with one attached hydrogen (secondary N) is 1. The van der Waals surface area contributed by atoms with E-state index in [-0.39, 0.29) is 29.5 Å². The van der Waals surface area contributed by atoms with Crippen LogP contribution < -0.4 is 5.32 Å². The maximum atomic E-state index is 13.3. The highest BCUT2D eigenvalue weighted by Gasteiger charge is 2.44. The van der Waals surface area contributed by atoms with Gasteiger partial charge in [-0.05, 0) is 67.1 Å². The van der Waals surface area contributed by atoms with Gasteiger partial charge in [-0.1, -0.05) is 12.1 Å². The molecule has 134 valence electrons. The van der Waals surface area contributed by atoms with Gasteiger partial charge in [-0.2, -0.15) is 0 Å². The molecule has 1 saturated carbocycles. The molecule has 2 atom stereocenters. The van der Waals surface area contributed by atoms with Gasteiger partial charge in [-0.3, -0.25) is 9.59 Å². The molecule has 5 heteroatoms. The van der Waals surface area contributed by atoms with Gasteiger partial charge in [0.1, 0.15) is 5.82 Å². The average molecular weight is 352 g/mol. The first-order valence-electron chi connectivity index (χ1n) is 9.07. The molecule has 0 radical (unpaired) electrons. The molecule has 2 aromatic rings. The third-order valence-electron chi connectivity index (χ3n) is 5.20. The Balaban J connectivity index is 1.36. The lowest BCUT2D eigenvalue weighted by atomic mass is 10.1. The number of hydrogen-bond donors (Lipinski definition) is 1. The molecule has 1 aliphatic heterocycles. The Hall–Kier alpha value is -2.69. The van der Waals surface area contributed by atoms with Gasteiger partial charge < -0.3 is 10.2 Å². The van der Waals surface area contributed by atoms with Gasteiger partial charge in [-0.25, -0.2) is 4.39 Å². The van der Waals surface area contributed by atoms with Crippen LogP contribution in [0, 0.1) is 11.7 Å². The zero-order valence-electron chi connectivity index (χ0n) is 14.5. The predicted molar refractivity (Wildman–Crippen MR) is 97.5 cm³/mol. The summed E-state index contributed by atoms with van der Waals surface area (Å²) in [5, 5.41) is 2.90. The van der Waals surface area contributed by atoms with E-state index in [4.69, 9.17) is 0 Å². The van der Waals surface area contributed by atoms with Crippen molar-refractivity contribution in [1.82, 2.24) is 4.90 Å². The number of likely N-dealkylation sites (tertiary alicyclic amines) is 1. The molecule has 2 amide bonds. The highest BCUT2D eigenvalue weighted by molar-refractivity contribution is 5.97. The van der Waals surface area contributed by atoms with E-state index in [0.717, 1.165) is 37.9 Å². The van der Waals surface area contributed by atoms with Gasteiger partial charge in [-0.15, -0.1) is 0 Å². The fraction of sp³-hybridized carbons (Fsp3) is 0.333. The van der Waals surface area contributed by atoms with E-state index in [1.165, 1.54) is 12.1 Å². The summed E-state index contributed by atoms with van der Waals surface area (Å²) in [4.78, 5) is 26.6. The van der Waals surface area contributed by atoms with Crippen LogP contribution in [0.4, 0.5) is 10.1 Å². The summed E-state index contributed by atoms with van der Waals surface area (Å²) in [5.74, 6) is -0.317. The Morgan fingerprint density at radius 3 is 2.46 bits per heavy atom. The van der Waals surface area contributed by atoms with Gasteiger partial charge in [0.05, 0.1) is 0 Å². The fourth-order valence-corrected chi connectivity index (χ4v) is 3.62. The highest BCUT2D eigenvalue weighted by Crippen LogP contribution is 2.48. The predicted octanol–water partition coefficient (Wildman–Crippen LogP) is 3.80. The van der Waals surface area contributed by atoms with Crippen molar-refractivity contribution < 1.29 is 14.0 Å². The Kier molecular flexibility index (Phi) is 4.45. The average Bonchev–Trinajstić information content (AvgIpc) is 3.27. The second-order valence-electron chi connectivity index (χ2n) is 7.07. The van der Waals surface area contributed by atoms with Crippen molar-refractivity contribution >= 4 is 17.5 Å². The van der Waals surface area contributed by atoms with Crippen molar-refractivity contribution in [3.8, 4) is 0 Å². The quantitative estimate of drug-likeness (QED) is 0.910. The Bertz CT molecular complexity index is 828. The first-order chi connectivity index (χ1) is 12.6. The van der Waals surface area contributed by atoms with Crippen molar-refractivity contribution in [2.24, 2.45) is 5.92 Å². The number of carbonyl (C=O) groups excluding carboxylic acids is 2. The van der Waals surface area contributed by atoms with Gasteiger partial charge in [0, 0.05) is 30.3 Å². The SMILES string of the molecule is O=C(Nc1ccc(C(=O)N2CCCC2)cc1)[C@H]1C[C@@H]1c1cccc(F)c1. The third kappa shape index (κ3) is 3.47. The molecule has 4 nitrogen and oxygen atoms in total. The molecular formula is C21H21FN2O2. The molecule has 0 unspecified atom stereocenters. The lowest BCUT2D eigenvalue weighted by Gasteiger charge is -2.15. The van der Waals surface area contributed by atoms with E-state index in [1.807, 2.05) is 11.0 Å². The van der Waals surface area contributed by atoms with Crippen molar-refractivity contribution in [1.29, 1.82) is 0 Å². The summed E-state index contributed by atoms with van der Waals surface area (Å²) >= 11 is 0. The zero-order valence-corrected chi connectivity index (χ0v) is 14.5. The molecule has 1 saturated heterocycles. The van der Waals surface area contributed by atoms with Crippen LogP contribution in [0.3, 0.4) is 0 Å². The molecule has 2 aromatic carbocycles. The van der Waals surface area contributed by atoms with Crippen LogP contribution in [0.2, 0.25) is 0 Å². The number of halogens is 1. The van der Waals surface area contributed by atoms with E-state index in [0.29, 0.717) is 11.3 Å². The monoisotopic (exact) mass is 352 g/mol. The van der Waals surface area contributed by atoms with Crippen LogP contribution in [-0.4, -0.2) is 29.8 Å². The smallest absolute Gasteiger partial charge is 0.253 e. The molecule has 2 aliphatic rings. The normalized spacial score (nSPS) is 21.5. The highest BCUT2D eigenvalue weighted by atomic mass is 19.1. The van der Waals surface area contributed by atoms with Crippen molar-refractivity contribution in [3.05, 3.63) is 65.5 Å². The molecule has 0 bridgehead atoms. The van der Waals surface area contributed by atoms with E-state index in [2.05, 4.69) is 5.32 Å². The largest absolute Gasteiger partial charge is 0.339 e. The molecule has 0 aromatic heterocycles. The number of benzene rings is 2. The van der Waals surface area contributed by atoms with Crippen LogP contribution >= 0.6 is 0 Å². The molecule has 26 heavy (non-hydrogen) atoms. The summed E-state index contributed by atoms with van der Waals surface area (Å²) < 4.78 is 13.3. The second-order valence-corrected chi connectivity index (χ2v) is 7.07. The summed E-state index contributed by atoms with van der Waals surface area (Å²) in [5.41, 5.74) is 2.20. The number of carbonyl (C=O) groups is 2. The second kappa shape index (κ2) is 6.90. The van der Waals surface area contributed by atoms with E-state index >= 15 is 0 Å². The van der Waals surface area contributed by atoms with Crippen LogP contribution in [-0.2, 0) is 4.79 Å². The Morgan fingerprint density at radius 1 is 1.04 bits per heavy atom. The van der Waals surface area contributed by atoms with Crippen LogP contribution in [0.25, 0.3) is 0 Å². The maximum absolute atomic E-state index is 13.3. The minimum Gasteiger partial charge on any atom is -0.339 e.